The summed E-state index contributed by atoms with van der Waals surface area (Å²) in [5.74, 6) is 0. The third kappa shape index (κ3) is 2.35. The molecule has 0 aliphatic heterocycles. The van der Waals surface area contributed by atoms with E-state index in [-0.39, 0.29) is 0 Å². The van der Waals surface area contributed by atoms with Gasteiger partial charge in [-0.15, -0.1) is 11.3 Å². The fraction of sp³-hybridized carbons (Fsp3) is 0.273. The van der Waals surface area contributed by atoms with Gasteiger partial charge in [-0.1, -0.05) is 24.3 Å². The third-order valence-electron chi connectivity index (χ3n) is 2.01. The molecular weight excluding hydrogens is 164 g/mol. The van der Waals surface area contributed by atoms with E-state index in [1.54, 1.807) is 11.3 Å². The normalized spacial score (nSPS) is 9.25. The summed E-state index contributed by atoms with van der Waals surface area (Å²) >= 11 is 1.78. The lowest BCUT2D eigenvalue weighted by Crippen LogP contribution is -1.77. The highest BCUT2D eigenvalue weighted by Crippen LogP contribution is 2.11. The van der Waals surface area contributed by atoms with Crippen LogP contribution in [0, 0.1) is 20.8 Å². The highest BCUT2D eigenvalue weighted by molar-refractivity contribution is 7.09. The van der Waals surface area contributed by atoms with E-state index < -0.39 is 0 Å². The van der Waals surface area contributed by atoms with Crippen molar-refractivity contribution >= 4 is 11.3 Å². The minimum atomic E-state index is 1.35. The second kappa shape index (κ2) is 4.27. The molecule has 64 valence electrons. The summed E-state index contributed by atoms with van der Waals surface area (Å²) in [6.45, 7) is 6.48. The van der Waals surface area contributed by atoms with Gasteiger partial charge in [-0.05, 0) is 37.3 Å². The van der Waals surface area contributed by atoms with Crippen molar-refractivity contribution in [3.05, 3.63) is 45.6 Å². The largest absolute Gasteiger partial charge is 0.149 e. The maximum atomic E-state index is 2.17. The Bertz CT molecular complexity index is 279. The van der Waals surface area contributed by atoms with E-state index in [1.165, 1.54) is 16.0 Å². The summed E-state index contributed by atoms with van der Waals surface area (Å²) in [6, 6.07) is 8.35. The topological polar surface area (TPSA) is 0 Å². The number of hydrogen-bond donors (Lipinski definition) is 0. The molecule has 1 rings (SSSR count). The molecule has 0 saturated carbocycles. The summed E-state index contributed by atoms with van der Waals surface area (Å²) in [5, 5.41) is 2.11. The van der Waals surface area contributed by atoms with Gasteiger partial charge in [0.1, 0.15) is 0 Å². The van der Waals surface area contributed by atoms with E-state index in [9.17, 15) is 0 Å². The maximum Gasteiger partial charge on any atom is 0.00457 e. The zero-order valence-corrected chi connectivity index (χ0v) is 8.61. The molecule has 1 heterocycles. The molecule has 0 aliphatic rings. The molecule has 0 nitrogen and oxygen atoms in total. The standard InChI is InChI=1S/C11H14S/c1-9-7-5-4-6-8-12-11(3)10(9)2/h4-8H,1-3H3. The van der Waals surface area contributed by atoms with Crippen LogP contribution >= 0.6 is 11.3 Å². The molecule has 1 heteroatoms. The van der Waals surface area contributed by atoms with Crippen LogP contribution in [0.5, 0.6) is 0 Å². The second-order valence-corrected chi connectivity index (χ2v) is 3.98. The van der Waals surface area contributed by atoms with Gasteiger partial charge in [0.25, 0.3) is 0 Å². The van der Waals surface area contributed by atoms with Crippen LogP contribution in [0.1, 0.15) is 16.0 Å². The summed E-state index contributed by atoms with van der Waals surface area (Å²) in [5.41, 5.74) is 2.73. The Balaban J connectivity index is 3.42. The molecule has 0 aliphatic carbocycles. The SMILES string of the molecule is Cc1cccccsc(C)c1C. The number of hydrogen-bond acceptors (Lipinski definition) is 1. The van der Waals surface area contributed by atoms with Gasteiger partial charge in [0.15, 0.2) is 0 Å². The molecule has 0 aromatic carbocycles. The summed E-state index contributed by atoms with van der Waals surface area (Å²) in [6.07, 6.45) is 0. The Morgan fingerprint density at radius 1 is 1.00 bits per heavy atom. The van der Waals surface area contributed by atoms with E-state index in [1.807, 2.05) is 0 Å². The van der Waals surface area contributed by atoms with Crippen LogP contribution in [0.3, 0.4) is 0 Å². The Kier molecular flexibility index (Phi) is 3.30. The van der Waals surface area contributed by atoms with E-state index in [0.29, 0.717) is 0 Å². The van der Waals surface area contributed by atoms with E-state index in [4.69, 9.17) is 0 Å². The highest BCUT2D eigenvalue weighted by Gasteiger charge is 1.90. The van der Waals surface area contributed by atoms with Crippen molar-refractivity contribution in [3.8, 4) is 0 Å². The van der Waals surface area contributed by atoms with Crippen molar-refractivity contribution < 1.29 is 0 Å². The van der Waals surface area contributed by atoms with Crippen LogP contribution < -0.4 is 0 Å². The third-order valence-corrected chi connectivity index (χ3v) is 2.96. The molecule has 0 spiro atoms. The fourth-order valence-electron chi connectivity index (χ4n) is 0.942. The molecule has 1 aromatic heterocycles. The fourth-order valence-corrected chi connectivity index (χ4v) is 1.65. The number of rotatable bonds is 0. The maximum absolute atomic E-state index is 2.17. The zero-order valence-electron chi connectivity index (χ0n) is 7.79. The zero-order chi connectivity index (χ0) is 8.97. The van der Waals surface area contributed by atoms with E-state index in [0.717, 1.165) is 0 Å². The van der Waals surface area contributed by atoms with Crippen molar-refractivity contribution in [2.24, 2.45) is 0 Å². The molecule has 0 amide bonds. The molecule has 0 unspecified atom stereocenters. The Labute approximate surface area is 78.2 Å². The molecule has 0 saturated heterocycles. The Morgan fingerprint density at radius 2 is 1.75 bits per heavy atom. The van der Waals surface area contributed by atoms with Crippen LogP contribution in [0.2, 0.25) is 0 Å². The molecule has 12 heavy (non-hydrogen) atoms. The first-order chi connectivity index (χ1) is 5.72. The van der Waals surface area contributed by atoms with Crippen molar-refractivity contribution in [2.75, 3.05) is 0 Å². The lowest BCUT2D eigenvalue weighted by atomic mass is 10.2. The average Bonchev–Trinajstić information content (AvgIpc) is 2.12. The summed E-state index contributed by atoms with van der Waals surface area (Å²) < 4.78 is 0. The first-order valence-electron chi connectivity index (χ1n) is 4.06. The minimum absolute atomic E-state index is 1.35. The Morgan fingerprint density at radius 3 is 2.50 bits per heavy atom. The Hall–Kier alpha value is -0.820. The minimum Gasteiger partial charge on any atom is -0.149 e. The molecule has 0 fully saturated rings. The lowest BCUT2D eigenvalue weighted by Gasteiger charge is -1.95. The second-order valence-electron chi connectivity index (χ2n) is 2.86. The van der Waals surface area contributed by atoms with Gasteiger partial charge in [0.05, 0.1) is 0 Å². The van der Waals surface area contributed by atoms with Gasteiger partial charge in [-0.3, -0.25) is 0 Å². The van der Waals surface area contributed by atoms with Crippen molar-refractivity contribution in [1.29, 1.82) is 0 Å². The van der Waals surface area contributed by atoms with Gasteiger partial charge in [-0.25, -0.2) is 0 Å². The predicted molar refractivity (Wildman–Crippen MR) is 56.2 cm³/mol. The summed E-state index contributed by atoms with van der Waals surface area (Å²) in [4.78, 5) is 1.38. The lowest BCUT2D eigenvalue weighted by molar-refractivity contribution is 1.32. The van der Waals surface area contributed by atoms with Crippen LogP contribution in [0.15, 0.2) is 29.6 Å². The van der Waals surface area contributed by atoms with Crippen LogP contribution in [0.25, 0.3) is 0 Å². The molecule has 0 atom stereocenters. The van der Waals surface area contributed by atoms with Crippen molar-refractivity contribution in [3.63, 3.8) is 0 Å². The molecular formula is C11H14S. The van der Waals surface area contributed by atoms with Crippen molar-refractivity contribution in [1.82, 2.24) is 0 Å². The van der Waals surface area contributed by atoms with Crippen LogP contribution in [-0.2, 0) is 0 Å². The van der Waals surface area contributed by atoms with Gasteiger partial charge < -0.3 is 0 Å². The van der Waals surface area contributed by atoms with Gasteiger partial charge in [0.2, 0.25) is 0 Å². The van der Waals surface area contributed by atoms with Crippen molar-refractivity contribution in [2.45, 2.75) is 20.8 Å². The van der Waals surface area contributed by atoms with Crippen LogP contribution in [0.4, 0.5) is 0 Å². The van der Waals surface area contributed by atoms with Gasteiger partial charge >= 0.3 is 0 Å². The van der Waals surface area contributed by atoms with Gasteiger partial charge in [0, 0.05) is 4.88 Å². The smallest absolute Gasteiger partial charge is 0.00457 e. The first kappa shape index (κ1) is 9.27. The van der Waals surface area contributed by atoms with E-state index >= 15 is 0 Å². The molecule has 0 bridgehead atoms. The quantitative estimate of drug-likeness (QED) is 0.567. The molecule has 1 aromatic rings. The highest BCUT2D eigenvalue weighted by atomic mass is 32.1. The monoisotopic (exact) mass is 178 g/mol. The van der Waals surface area contributed by atoms with Gasteiger partial charge in [-0.2, -0.15) is 0 Å². The average molecular weight is 178 g/mol. The number of aryl methyl sites for hydroxylation is 2. The molecule has 0 N–H and O–H groups in total. The van der Waals surface area contributed by atoms with Crippen LogP contribution in [-0.4, -0.2) is 0 Å². The molecule has 0 radical (unpaired) electrons. The first-order valence-corrected chi connectivity index (χ1v) is 4.94. The summed E-state index contributed by atoms with van der Waals surface area (Å²) in [7, 11) is 0. The predicted octanol–water partition coefficient (Wildman–Crippen LogP) is 3.80. The van der Waals surface area contributed by atoms with E-state index in [2.05, 4.69) is 50.4 Å².